The molecule has 2 unspecified atom stereocenters. The molecule has 0 aliphatic carbocycles. The summed E-state index contributed by atoms with van der Waals surface area (Å²) in [6.45, 7) is 8.50. The first-order valence-corrected chi connectivity index (χ1v) is 17.4. The number of hydrogen-bond acceptors (Lipinski definition) is 7. The molecule has 0 bridgehead atoms. The summed E-state index contributed by atoms with van der Waals surface area (Å²) in [5.74, 6) is 0.390. The fraction of sp³-hybridized carbons (Fsp3) is 0.429. The number of benzene rings is 2. The smallest absolute Gasteiger partial charge is 0.251 e. The van der Waals surface area contributed by atoms with Crippen LogP contribution in [0.4, 0.5) is 11.5 Å². The van der Waals surface area contributed by atoms with Crippen LogP contribution in [0.25, 0.3) is 5.57 Å². The monoisotopic (exact) mass is 635 g/mol. The number of nitrogens with one attached hydrogen (secondary N) is 3. The van der Waals surface area contributed by atoms with Crippen LogP contribution in [0.5, 0.6) is 0 Å². The number of carbonyl (C=O) groups is 1. The number of anilines is 2. The molecule has 0 fully saturated rings. The van der Waals surface area contributed by atoms with Gasteiger partial charge in [0.2, 0.25) is 10.0 Å². The van der Waals surface area contributed by atoms with Crippen molar-refractivity contribution < 1.29 is 18.3 Å². The zero-order valence-electron chi connectivity index (χ0n) is 27.4. The first-order valence-electron chi connectivity index (χ1n) is 15.7. The third-order valence-electron chi connectivity index (χ3n) is 7.94. The molecule has 0 radical (unpaired) electrons. The highest BCUT2D eigenvalue weighted by Gasteiger charge is 2.27. The third-order valence-corrected chi connectivity index (χ3v) is 9.89. The van der Waals surface area contributed by atoms with Gasteiger partial charge in [-0.05, 0) is 79.1 Å². The highest BCUT2D eigenvalue weighted by molar-refractivity contribution is 7.92. The van der Waals surface area contributed by atoms with Gasteiger partial charge >= 0.3 is 0 Å². The zero-order valence-corrected chi connectivity index (χ0v) is 28.2. The van der Waals surface area contributed by atoms with Gasteiger partial charge in [0.05, 0.1) is 29.3 Å². The Kier molecular flexibility index (Phi) is 13.6. The van der Waals surface area contributed by atoms with Gasteiger partial charge in [0.1, 0.15) is 5.82 Å². The van der Waals surface area contributed by atoms with Gasteiger partial charge in [-0.2, -0.15) is 0 Å². The van der Waals surface area contributed by atoms with Crippen LogP contribution in [0.15, 0.2) is 66.7 Å². The number of pyridine rings is 1. The molecule has 1 amide bonds. The third kappa shape index (κ3) is 9.63. The lowest BCUT2D eigenvalue weighted by Crippen LogP contribution is -2.48. The Morgan fingerprint density at radius 1 is 1.07 bits per heavy atom. The van der Waals surface area contributed by atoms with Crippen molar-refractivity contribution in [3.63, 3.8) is 0 Å². The van der Waals surface area contributed by atoms with E-state index in [2.05, 4.69) is 20.9 Å². The Morgan fingerprint density at radius 2 is 1.80 bits per heavy atom. The van der Waals surface area contributed by atoms with Crippen molar-refractivity contribution in [3.8, 4) is 0 Å². The molecule has 4 N–H and O–H groups in total. The van der Waals surface area contributed by atoms with Crippen LogP contribution in [0, 0.1) is 0 Å². The number of aliphatic hydroxyl groups excluding tert-OH is 1. The maximum absolute atomic E-state index is 14.0. The van der Waals surface area contributed by atoms with E-state index >= 15 is 0 Å². The SMILES string of the molecule is C/C=C(/CC)c1cc(C(=O)NC(Cc2ccccc2)C(O)CNCc2cccc(NC)n2)cc(N(C)S(=O)(=O)CCC)c1CC. The quantitative estimate of drug-likeness (QED) is 0.161. The van der Waals surface area contributed by atoms with Gasteiger partial charge in [-0.25, -0.2) is 13.4 Å². The predicted octanol–water partition coefficient (Wildman–Crippen LogP) is 5.17. The van der Waals surface area contributed by atoms with Gasteiger partial charge in [0.25, 0.3) is 5.91 Å². The van der Waals surface area contributed by atoms with E-state index in [1.165, 1.54) is 4.31 Å². The minimum absolute atomic E-state index is 0.00970. The van der Waals surface area contributed by atoms with E-state index in [9.17, 15) is 18.3 Å². The predicted molar refractivity (Wildman–Crippen MR) is 185 cm³/mol. The standard InChI is InChI=1S/C35H49N5O4S/c1-7-19-45(43,44)40(6)32-22-27(21-30(29(32)10-4)26(8-2)9-3)35(42)39-31(20-25-15-12-11-13-16-25)33(41)24-37-23-28-17-14-18-34(36-5)38-28/h8,11-18,21-22,31,33,37,41H,7,9-10,19-20,23-24H2,1-6H3,(H,36,38)(H,39,42)/b26-8-. The summed E-state index contributed by atoms with van der Waals surface area (Å²) in [7, 11) is -0.217. The number of aliphatic hydroxyl groups is 1. The van der Waals surface area contributed by atoms with Crippen LogP contribution in [-0.4, -0.2) is 63.0 Å². The van der Waals surface area contributed by atoms with Gasteiger partial charge in [0, 0.05) is 32.7 Å². The fourth-order valence-electron chi connectivity index (χ4n) is 5.43. The Labute approximate surface area is 269 Å². The van der Waals surface area contributed by atoms with Crippen molar-refractivity contribution in [2.75, 3.05) is 36.0 Å². The Hall–Kier alpha value is -3.73. The van der Waals surface area contributed by atoms with Crippen LogP contribution in [0.2, 0.25) is 0 Å². The molecule has 9 nitrogen and oxygen atoms in total. The van der Waals surface area contributed by atoms with E-state index < -0.39 is 22.2 Å². The number of aromatic nitrogens is 1. The number of carbonyl (C=O) groups excluding carboxylic acids is 1. The molecule has 2 atom stereocenters. The summed E-state index contributed by atoms with van der Waals surface area (Å²) in [6.07, 6.45) is 3.32. The zero-order chi connectivity index (χ0) is 33.0. The van der Waals surface area contributed by atoms with E-state index in [4.69, 9.17) is 0 Å². The van der Waals surface area contributed by atoms with Crippen molar-refractivity contribution in [2.45, 2.75) is 72.1 Å². The summed E-state index contributed by atoms with van der Waals surface area (Å²) in [5.41, 5.74) is 5.41. The molecule has 3 aromatic rings. The number of sulfonamides is 1. The number of allylic oxidation sites excluding steroid dienone is 2. The average Bonchev–Trinajstić information content (AvgIpc) is 3.04. The number of rotatable bonds is 17. The van der Waals surface area contributed by atoms with Crippen LogP contribution < -0.4 is 20.3 Å². The van der Waals surface area contributed by atoms with Crippen LogP contribution in [-0.2, 0) is 29.4 Å². The molecule has 0 spiro atoms. The van der Waals surface area contributed by atoms with Gasteiger partial charge in [0.15, 0.2) is 0 Å². The van der Waals surface area contributed by atoms with Crippen molar-refractivity contribution >= 4 is 33.0 Å². The average molecular weight is 636 g/mol. The molecule has 0 saturated heterocycles. The summed E-state index contributed by atoms with van der Waals surface area (Å²) >= 11 is 0. The number of amides is 1. The van der Waals surface area contributed by atoms with E-state index in [1.54, 1.807) is 13.1 Å². The molecule has 2 aromatic carbocycles. The molecule has 1 aromatic heterocycles. The molecule has 244 valence electrons. The second-order valence-corrected chi connectivity index (χ2v) is 13.2. The lowest BCUT2D eigenvalue weighted by Gasteiger charge is -2.27. The minimum Gasteiger partial charge on any atom is -0.390 e. The van der Waals surface area contributed by atoms with Crippen LogP contribution >= 0.6 is 0 Å². The molecule has 10 heteroatoms. The highest BCUT2D eigenvalue weighted by atomic mass is 32.2. The summed E-state index contributed by atoms with van der Waals surface area (Å²) in [4.78, 5) is 18.5. The molecular formula is C35H49N5O4S. The van der Waals surface area contributed by atoms with E-state index in [0.29, 0.717) is 37.1 Å². The second-order valence-electron chi connectivity index (χ2n) is 11.1. The maximum atomic E-state index is 14.0. The summed E-state index contributed by atoms with van der Waals surface area (Å²) in [5, 5.41) is 20.7. The van der Waals surface area contributed by atoms with Gasteiger partial charge < -0.3 is 21.1 Å². The molecular weight excluding hydrogens is 586 g/mol. The molecule has 45 heavy (non-hydrogen) atoms. The first kappa shape index (κ1) is 35.7. The maximum Gasteiger partial charge on any atom is 0.251 e. The second kappa shape index (κ2) is 17.1. The summed E-state index contributed by atoms with van der Waals surface area (Å²) < 4.78 is 27.7. The first-order chi connectivity index (χ1) is 21.6. The molecule has 0 aliphatic heterocycles. The van der Waals surface area contributed by atoms with E-state index in [0.717, 1.165) is 40.2 Å². The normalized spacial score (nSPS) is 13.3. The van der Waals surface area contributed by atoms with Crippen molar-refractivity contribution in [1.29, 1.82) is 0 Å². The van der Waals surface area contributed by atoms with E-state index in [-0.39, 0.29) is 18.2 Å². The lowest BCUT2D eigenvalue weighted by molar-refractivity contribution is 0.0829. The van der Waals surface area contributed by atoms with Crippen molar-refractivity contribution in [1.82, 2.24) is 15.6 Å². The Morgan fingerprint density at radius 3 is 2.42 bits per heavy atom. The Bertz CT molecular complexity index is 1540. The van der Waals surface area contributed by atoms with Crippen LogP contribution in [0.1, 0.15) is 73.3 Å². The fourth-order valence-corrected chi connectivity index (χ4v) is 6.68. The number of hydrogen-bond donors (Lipinski definition) is 4. The highest BCUT2D eigenvalue weighted by Crippen LogP contribution is 2.33. The van der Waals surface area contributed by atoms with Gasteiger partial charge in [-0.1, -0.05) is 63.2 Å². The Balaban J connectivity index is 1.96. The molecule has 3 rings (SSSR count). The number of nitrogens with zero attached hydrogens (tertiary/aromatic N) is 2. The van der Waals surface area contributed by atoms with Crippen molar-refractivity contribution in [3.05, 3.63) is 94.7 Å². The topological polar surface area (TPSA) is 124 Å². The van der Waals surface area contributed by atoms with Gasteiger partial charge in [-0.3, -0.25) is 9.10 Å². The summed E-state index contributed by atoms with van der Waals surface area (Å²) in [6, 6.07) is 18.3. The minimum atomic E-state index is -3.58. The largest absolute Gasteiger partial charge is 0.390 e. The van der Waals surface area contributed by atoms with E-state index in [1.807, 2.05) is 95.4 Å². The lowest BCUT2D eigenvalue weighted by atomic mass is 9.92. The van der Waals surface area contributed by atoms with Crippen molar-refractivity contribution in [2.24, 2.45) is 0 Å². The molecule has 0 saturated carbocycles. The van der Waals surface area contributed by atoms with Gasteiger partial charge in [-0.15, -0.1) is 0 Å². The van der Waals surface area contributed by atoms with Crippen LogP contribution in [0.3, 0.4) is 0 Å². The molecule has 0 aliphatic rings. The molecule has 1 heterocycles.